The lowest BCUT2D eigenvalue weighted by molar-refractivity contribution is -0.139. The van der Waals surface area contributed by atoms with Crippen LogP contribution in [0.15, 0.2) is 54.1 Å². The first-order chi connectivity index (χ1) is 13.6. The lowest BCUT2D eigenvalue weighted by Crippen LogP contribution is -2.30. The quantitative estimate of drug-likeness (QED) is 0.412. The predicted octanol–water partition coefficient (Wildman–Crippen LogP) is 5.47. The van der Waals surface area contributed by atoms with Crippen LogP contribution in [0.4, 0.5) is 0 Å². The number of aliphatic hydroxyl groups is 1. The number of carbonyl (C=O) groups excluding carboxylic acids is 2. The van der Waals surface area contributed by atoms with Gasteiger partial charge in [-0.2, -0.15) is 0 Å². The number of hydrogen-bond donors (Lipinski definition) is 1. The number of Topliss-reactive ketones (excluding diaryl/α,β-unsaturated/α-hetero) is 1. The molecule has 1 N–H and O–H groups in total. The second-order valence-corrected chi connectivity index (χ2v) is 8.81. The summed E-state index contributed by atoms with van der Waals surface area (Å²) in [6.07, 6.45) is 0.709. The molecule has 1 unspecified atom stereocenters. The van der Waals surface area contributed by atoms with Gasteiger partial charge in [0, 0.05) is 17.1 Å². The fourth-order valence-electron chi connectivity index (χ4n) is 3.65. The number of halogens is 1. The van der Waals surface area contributed by atoms with Gasteiger partial charge in [0.2, 0.25) is 0 Å². The van der Waals surface area contributed by atoms with Gasteiger partial charge in [0.25, 0.3) is 11.7 Å². The van der Waals surface area contributed by atoms with Gasteiger partial charge in [-0.25, -0.2) is 0 Å². The molecule has 1 heterocycles. The van der Waals surface area contributed by atoms with Gasteiger partial charge in [-0.3, -0.25) is 9.59 Å². The third-order valence-corrected chi connectivity index (χ3v) is 5.43. The SMILES string of the molecule is CCCN1C(=O)C(=O)/C(=C(\O)c2cccc(Cl)c2)C1c1ccc(C(C)(C)C)cc1. The normalized spacial score (nSPS) is 19.1. The summed E-state index contributed by atoms with van der Waals surface area (Å²) >= 11 is 6.06. The van der Waals surface area contributed by atoms with E-state index in [0.29, 0.717) is 23.6 Å². The molecule has 0 bridgehead atoms. The molecule has 152 valence electrons. The summed E-state index contributed by atoms with van der Waals surface area (Å²) in [5.41, 5.74) is 2.47. The number of nitrogens with zero attached hydrogens (tertiary/aromatic N) is 1. The van der Waals surface area contributed by atoms with Gasteiger partial charge >= 0.3 is 0 Å². The second kappa shape index (κ2) is 8.03. The first-order valence-electron chi connectivity index (χ1n) is 9.80. The lowest BCUT2D eigenvalue weighted by atomic mass is 9.85. The number of hydrogen-bond acceptors (Lipinski definition) is 3. The molecule has 0 spiro atoms. The third kappa shape index (κ3) is 4.08. The van der Waals surface area contributed by atoms with E-state index in [1.165, 1.54) is 0 Å². The summed E-state index contributed by atoms with van der Waals surface area (Å²) in [6.45, 7) is 8.78. The Morgan fingerprint density at radius 1 is 1.10 bits per heavy atom. The maximum atomic E-state index is 12.9. The molecule has 3 rings (SSSR count). The van der Waals surface area contributed by atoms with Crippen LogP contribution >= 0.6 is 11.6 Å². The van der Waals surface area contributed by atoms with Gasteiger partial charge in [-0.1, -0.05) is 75.7 Å². The van der Waals surface area contributed by atoms with Crippen molar-refractivity contribution in [1.29, 1.82) is 0 Å². The smallest absolute Gasteiger partial charge is 0.295 e. The van der Waals surface area contributed by atoms with Crippen LogP contribution in [-0.2, 0) is 15.0 Å². The fraction of sp³-hybridized carbons (Fsp3) is 0.333. The van der Waals surface area contributed by atoms with Crippen molar-refractivity contribution in [3.8, 4) is 0 Å². The molecule has 29 heavy (non-hydrogen) atoms. The van der Waals surface area contributed by atoms with Gasteiger partial charge in [-0.05, 0) is 35.1 Å². The molecular weight excluding hydrogens is 386 g/mol. The van der Waals surface area contributed by atoms with Crippen LogP contribution < -0.4 is 0 Å². The maximum absolute atomic E-state index is 12.9. The number of amides is 1. The van der Waals surface area contributed by atoms with Crippen molar-refractivity contribution >= 4 is 29.1 Å². The van der Waals surface area contributed by atoms with Crippen LogP contribution in [0.3, 0.4) is 0 Å². The van der Waals surface area contributed by atoms with Gasteiger partial charge < -0.3 is 10.0 Å². The molecule has 1 aliphatic heterocycles. The minimum Gasteiger partial charge on any atom is -0.507 e. The highest BCUT2D eigenvalue weighted by Gasteiger charge is 2.45. The topological polar surface area (TPSA) is 57.6 Å². The highest BCUT2D eigenvalue weighted by Crippen LogP contribution is 2.40. The zero-order valence-corrected chi connectivity index (χ0v) is 18.0. The van der Waals surface area contributed by atoms with Crippen LogP contribution in [0.5, 0.6) is 0 Å². The van der Waals surface area contributed by atoms with Crippen molar-refractivity contribution in [2.75, 3.05) is 6.54 Å². The Labute approximate surface area is 176 Å². The Kier molecular flexibility index (Phi) is 5.85. The molecule has 5 heteroatoms. The number of ketones is 1. The average molecular weight is 412 g/mol. The standard InChI is InChI=1S/C24H26ClNO3/c1-5-13-26-20(15-9-11-17(12-10-15)24(2,3)4)19(22(28)23(26)29)21(27)16-7-6-8-18(25)14-16/h6-12,14,20,27H,5,13H2,1-4H3/b21-19-. The molecule has 2 aromatic carbocycles. The van der Waals surface area contributed by atoms with E-state index >= 15 is 0 Å². The number of likely N-dealkylation sites (tertiary alicyclic amines) is 1. The Hall–Kier alpha value is -2.59. The summed E-state index contributed by atoms with van der Waals surface area (Å²) in [5.74, 6) is -1.45. The number of aliphatic hydroxyl groups excluding tert-OH is 1. The maximum Gasteiger partial charge on any atom is 0.295 e. The minimum absolute atomic E-state index is 0.00938. The lowest BCUT2D eigenvalue weighted by Gasteiger charge is -2.26. The molecule has 1 amide bonds. The van der Waals surface area contributed by atoms with Crippen molar-refractivity contribution in [3.05, 3.63) is 75.8 Å². The van der Waals surface area contributed by atoms with E-state index in [1.807, 2.05) is 31.2 Å². The minimum atomic E-state index is -0.666. The van der Waals surface area contributed by atoms with Crippen molar-refractivity contribution < 1.29 is 14.7 Å². The van der Waals surface area contributed by atoms with Crippen LogP contribution in [0.2, 0.25) is 5.02 Å². The van der Waals surface area contributed by atoms with Crippen molar-refractivity contribution in [2.24, 2.45) is 0 Å². The summed E-state index contributed by atoms with van der Waals surface area (Å²) in [6, 6.07) is 13.9. The van der Waals surface area contributed by atoms with Gasteiger partial charge in [0.15, 0.2) is 0 Å². The first kappa shape index (κ1) is 21.1. The Bertz CT molecular complexity index is 970. The largest absolute Gasteiger partial charge is 0.507 e. The van der Waals surface area contributed by atoms with Crippen molar-refractivity contribution in [2.45, 2.75) is 45.6 Å². The van der Waals surface area contributed by atoms with Crippen molar-refractivity contribution in [1.82, 2.24) is 4.90 Å². The van der Waals surface area contributed by atoms with E-state index in [-0.39, 0.29) is 16.7 Å². The van der Waals surface area contributed by atoms with E-state index in [4.69, 9.17) is 11.6 Å². The molecule has 0 radical (unpaired) electrons. The van der Waals surface area contributed by atoms with E-state index < -0.39 is 17.7 Å². The predicted molar refractivity (Wildman–Crippen MR) is 116 cm³/mol. The van der Waals surface area contributed by atoms with Crippen LogP contribution in [0.25, 0.3) is 5.76 Å². The molecule has 1 atom stereocenters. The van der Waals surface area contributed by atoms with E-state index in [1.54, 1.807) is 29.2 Å². The van der Waals surface area contributed by atoms with Gasteiger partial charge in [0.05, 0.1) is 11.6 Å². The van der Waals surface area contributed by atoms with E-state index in [0.717, 1.165) is 11.1 Å². The Balaban J connectivity index is 2.16. The van der Waals surface area contributed by atoms with Gasteiger partial charge in [0.1, 0.15) is 5.76 Å². The summed E-state index contributed by atoms with van der Waals surface area (Å²) in [5, 5.41) is 11.4. The molecule has 0 saturated carbocycles. The second-order valence-electron chi connectivity index (χ2n) is 8.37. The first-order valence-corrected chi connectivity index (χ1v) is 10.2. The third-order valence-electron chi connectivity index (χ3n) is 5.19. The molecule has 0 aliphatic carbocycles. The summed E-state index contributed by atoms with van der Waals surface area (Å²) in [7, 11) is 0. The Morgan fingerprint density at radius 3 is 2.31 bits per heavy atom. The molecule has 1 saturated heterocycles. The summed E-state index contributed by atoms with van der Waals surface area (Å²) in [4.78, 5) is 27.1. The zero-order chi connectivity index (χ0) is 21.3. The monoisotopic (exact) mass is 411 g/mol. The fourth-order valence-corrected chi connectivity index (χ4v) is 3.85. The van der Waals surface area contributed by atoms with Crippen LogP contribution in [0.1, 0.15) is 56.8 Å². The molecular formula is C24H26ClNO3. The average Bonchev–Trinajstić information content (AvgIpc) is 2.92. The number of carbonyl (C=O) groups is 2. The van der Waals surface area contributed by atoms with Gasteiger partial charge in [-0.15, -0.1) is 0 Å². The van der Waals surface area contributed by atoms with E-state index in [2.05, 4.69) is 20.8 Å². The molecule has 2 aromatic rings. The molecule has 1 fully saturated rings. The Morgan fingerprint density at radius 2 is 1.76 bits per heavy atom. The highest BCUT2D eigenvalue weighted by molar-refractivity contribution is 6.46. The molecule has 4 nitrogen and oxygen atoms in total. The number of rotatable bonds is 4. The highest BCUT2D eigenvalue weighted by atomic mass is 35.5. The number of benzene rings is 2. The molecule has 0 aromatic heterocycles. The van der Waals surface area contributed by atoms with E-state index in [9.17, 15) is 14.7 Å². The zero-order valence-electron chi connectivity index (χ0n) is 17.2. The molecule has 1 aliphatic rings. The van der Waals surface area contributed by atoms with Crippen LogP contribution in [0, 0.1) is 0 Å². The summed E-state index contributed by atoms with van der Waals surface area (Å²) < 4.78 is 0. The van der Waals surface area contributed by atoms with Crippen molar-refractivity contribution in [3.63, 3.8) is 0 Å². The van der Waals surface area contributed by atoms with Crippen LogP contribution in [-0.4, -0.2) is 28.2 Å².